The number of carbonyl (C=O) groups is 1. The standard InChI is InChI=1S/C5H9NO/c1-5(6-2)3-4-7/h4H,3H2,1-2H3. The van der Waals surface area contributed by atoms with E-state index in [9.17, 15) is 4.79 Å². The number of aldehydes is 1. The number of nitrogens with zero attached hydrogens (tertiary/aromatic N) is 1. The van der Waals surface area contributed by atoms with Crippen molar-refractivity contribution in [1.82, 2.24) is 0 Å². The normalized spacial score (nSPS) is 11.4. The van der Waals surface area contributed by atoms with Crippen LogP contribution in [0.3, 0.4) is 0 Å². The Morgan fingerprint density at radius 3 is 2.57 bits per heavy atom. The Kier molecular flexibility index (Phi) is 3.19. The zero-order chi connectivity index (χ0) is 5.70. The molecule has 0 aliphatic rings. The van der Waals surface area contributed by atoms with Crippen molar-refractivity contribution in [3.05, 3.63) is 0 Å². The van der Waals surface area contributed by atoms with Crippen molar-refractivity contribution in [1.29, 1.82) is 0 Å². The molecule has 2 heteroatoms. The topological polar surface area (TPSA) is 29.4 Å². The molecular formula is C5H9NO. The van der Waals surface area contributed by atoms with E-state index >= 15 is 0 Å². The Balaban J connectivity index is 3.36. The molecule has 0 heterocycles. The third kappa shape index (κ3) is 3.16. The van der Waals surface area contributed by atoms with E-state index in [2.05, 4.69) is 4.99 Å². The van der Waals surface area contributed by atoms with Crippen molar-refractivity contribution in [2.75, 3.05) is 7.05 Å². The Morgan fingerprint density at radius 1 is 1.86 bits per heavy atom. The van der Waals surface area contributed by atoms with Crippen molar-refractivity contribution >= 4 is 12.0 Å². The van der Waals surface area contributed by atoms with Gasteiger partial charge in [-0.3, -0.25) is 4.99 Å². The predicted molar refractivity (Wildman–Crippen MR) is 29.7 cm³/mol. The molecule has 0 aromatic carbocycles. The summed E-state index contributed by atoms with van der Waals surface area (Å²) in [6.45, 7) is 1.83. The zero-order valence-corrected chi connectivity index (χ0v) is 4.64. The lowest BCUT2D eigenvalue weighted by Gasteiger charge is -1.83. The van der Waals surface area contributed by atoms with Gasteiger partial charge in [0.25, 0.3) is 0 Å². The first-order valence-corrected chi connectivity index (χ1v) is 2.17. The van der Waals surface area contributed by atoms with E-state index in [-0.39, 0.29) is 0 Å². The monoisotopic (exact) mass is 99.1 g/mol. The van der Waals surface area contributed by atoms with Crippen LogP contribution in [0.2, 0.25) is 0 Å². The first kappa shape index (κ1) is 6.34. The molecule has 7 heavy (non-hydrogen) atoms. The molecule has 0 spiro atoms. The van der Waals surface area contributed by atoms with Crippen LogP contribution in [-0.2, 0) is 4.79 Å². The summed E-state index contributed by atoms with van der Waals surface area (Å²) in [5, 5.41) is 0. The smallest absolute Gasteiger partial charge is 0.125 e. The molecule has 0 amide bonds. The molecule has 0 saturated carbocycles. The highest BCUT2D eigenvalue weighted by Crippen LogP contribution is 1.76. The average Bonchev–Trinajstić information content (AvgIpc) is 1.68. The molecule has 0 aliphatic heterocycles. The second-order valence-electron chi connectivity index (χ2n) is 1.33. The van der Waals surface area contributed by atoms with Gasteiger partial charge in [-0.1, -0.05) is 0 Å². The minimum atomic E-state index is 0.469. The van der Waals surface area contributed by atoms with E-state index in [1.54, 1.807) is 7.05 Å². The van der Waals surface area contributed by atoms with Crippen molar-refractivity contribution < 1.29 is 4.79 Å². The highest BCUT2D eigenvalue weighted by molar-refractivity contribution is 5.92. The minimum absolute atomic E-state index is 0.469. The molecule has 0 atom stereocenters. The molecule has 0 aromatic rings. The second kappa shape index (κ2) is 3.53. The fourth-order valence-corrected chi connectivity index (χ4v) is 0.212. The van der Waals surface area contributed by atoms with Crippen LogP contribution >= 0.6 is 0 Å². The Hall–Kier alpha value is -0.660. The molecule has 0 unspecified atom stereocenters. The van der Waals surface area contributed by atoms with Gasteiger partial charge in [0.05, 0.1) is 0 Å². The highest BCUT2D eigenvalue weighted by Gasteiger charge is 1.81. The molecule has 0 aromatic heterocycles. The van der Waals surface area contributed by atoms with E-state index in [1.807, 2.05) is 6.92 Å². The van der Waals surface area contributed by atoms with Gasteiger partial charge >= 0.3 is 0 Å². The van der Waals surface area contributed by atoms with Crippen LogP contribution in [0.5, 0.6) is 0 Å². The summed E-state index contributed by atoms with van der Waals surface area (Å²) >= 11 is 0. The molecule has 0 fully saturated rings. The van der Waals surface area contributed by atoms with Crippen molar-refractivity contribution in [2.45, 2.75) is 13.3 Å². The van der Waals surface area contributed by atoms with Crippen LogP contribution < -0.4 is 0 Å². The summed E-state index contributed by atoms with van der Waals surface area (Å²) in [6, 6.07) is 0. The van der Waals surface area contributed by atoms with Crippen LogP contribution in [0.1, 0.15) is 13.3 Å². The summed E-state index contributed by atoms with van der Waals surface area (Å²) in [5.41, 5.74) is 0.884. The van der Waals surface area contributed by atoms with Gasteiger partial charge in [-0.05, 0) is 6.92 Å². The molecule has 40 valence electrons. The number of aliphatic imine (C=N–C) groups is 1. The summed E-state index contributed by atoms with van der Waals surface area (Å²) in [5.74, 6) is 0. The summed E-state index contributed by atoms with van der Waals surface area (Å²) in [4.78, 5) is 13.5. The third-order valence-electron chi connectivity index (χ3n) is 0.760. The first-order valence-electron chi connectivity index (χ1n) is 2.17. The van der Waals surface area contributed by atoms with Crippen LogP contribution in [-0.4, -0.2) is 19.0 Å². The number of hydrogen-bond acceptors (Lipinski definition) is 2. The maximum atomic E-state index is 9.69. The number of hydrogen-bond donors (Lipinski definition) is 0. The van der Waals surface area contributed by atoms with E-state index < -0.39 is 0 Å². The lowest BCUT2D eigenvalue weighted by atomic mass is 10.3. The quantitative estimate of drug-likeness (QED) is 0.369. The largest absolute Gasteiger partial charge is 0.303 e. The lowest BCUT2D eigenvalue weighted by Crippen LogP contribution is -1.89. The number of carbonyl (C=O) groups excluding carboxylic acids is 1. The van der Waals surface area contributed by atoms with Gasteiger partial charge in [0.2, 0.25) is 0 Å². The van der Waals surface area contributed by atoms with E-state index in [1.165, 1.54) is 0 Å². The molecule has 2 nitrogen and oxygen atoms in total. The summed E-state index contributed by atoms with van der Waals surface area (Å²) in [6.07, 6.45) is 1.32. The van der Waals surface area contributed by atoms with Crippen LogP contribution in [0, 0.1) is 0 Å². The lowest BCUT2D eigenvalue weighted by molar-refractivity contribution is -0.106. The molecule has 0 N–H and O–H groups in total. The van der Waals surface area contributed by atoms with Gasteiger partial charge in [0.15, 0.2) is 0 Å². The predicted octanol–water partition coefficient (Wildman–Crippen LogP) is 0.666. The van der Waals surface area contributed by atoms with Crippen molar-refractivity contribution in [2.24, 2.45) is 4.99 Å². The SMILES string of the molecule is CN=C(C)CC=O. The second-order valence-corrected chi connectivity index (χ2v) is 1.33. The molecule has 0 radical (unpaired) electrons. The highest BCUT2D eigenvalue weighted by atomic mass is 16.1. The van der Waals surface area contributed by atoms with Gasteiger partial charge in [0, 0.05) is 19.2 Å². The summed E-state index contributed by atoms with van der Waals surface area (Å²) in [7, 11) is 1.68. The van der Waals surface area contributed by atoms with E-state index in [4.69, 9.17) is 0 Å². The summed E-state index contributed by atoms with van der Waals surface area (Å²) < 4.78 is 0. The van der Waals surface area contributed by atoms with E-state index in [0.29, 0.717) is 6.42 Å². The van der Waals surface area contributed by atoms with Crippen LogP contribution in [0.4, 0.5) is 0 Å². The fourth-order valence-electron chi connectivity index (χ4n) is 0.212. The zero-order valence-electron chi connectivity index (χ0n) is 4.64. The molecule has 0 saturated heterocycles. The Labute approximate surface area is 43.3 Å². The maximum Gasteiger partial charge on any atom is 0.125 e. The van der Waals surface area contributed by atoms with Gasteiger partial charge < -0.3 is 4.79 Å². The number of rotatable bonds is 2. The van der Waals surface area contributed by atoms with Crippen molar-refractivity contribution in [3.8, 4) is 0 Å². The maximum absolute atomic E-state index is 9.69. The molecule has 0 bridgehead atoms. The molecular weight excluding hydrogens is 90.1 g/mol. The Bertz CT molecular complexity index is 86.1. The van der Waals surface area contributed by atoms with Crippen molar-refractivity contribution in [3.63, 3.8) is 0 Å². The third-order valence-corrected chi connectivity index (χ3v) is 0.760. The van der Waals surface area contributed by atoms with Gasteiger partial charge in [-0.2, -0.15) is 0 Å². The first-order chi connectivity index (χ1) is 3.31. The average molecular weight is 99.1 g/mol. The van der Waals surface area contributed by atoms with Gasteiger partial charge in [-0.15, -0.1) is 0 Å². The molecule has 0 rings (SSSR count). The van der Waals surface area contributed by atoms with Gasteiger partial charge in [0.1, 0.15) is 6.29 Å². The Morgan fingerprint density at radius 2 is 2.43 bits per heavy atom. The van der Waals surface area contributed by atoms with Crippen LogP contribution in [0.15, 0.2) is 4.99 Å². The minimum Gasteiger partial charge on any atom is -0.303 e. The van der Waals surface area contributed by atoms with Gasteiger partial charge in [-0.25, -0.2) is 0 Å². The van der Waals surface area contributed by atoms with E-state index in [0.717, 1.165) is 12.0 Å². The fraction of sp³-hybridized carbons (Fsp3) is 0.600. The van der Waals surface area contributed by atoms with Crippen LogP contribution in [0.25, 0.3) is 0 Å². The molecule has 0 aliphatic carbocycles.